The Balaban J connectivity index is 1.63. The Hall–Kier alpha value is -3.67. The standard InChI is InChI=1S/C27H28N2O4/c1-16-10-11-19(17(2)12-16)21-15-22-20-8-6-7-9-23(20)33-27(29(22)28-21)18-13-24(30-3)26(32-5)25(14-18)31-4/h6-14,22,27H,15H2,1-5H3/t22-,27+/m1/s1. The molecule has 0 aliphatic carbocycles. The second-order valence-electron chi connectivity index (χ2n) is 8.43. The van der Waals surface area contributed by atoms with Gasteiger partial charge in [0.05, 0.1) is 33.1 Å². The normalized spacial score (nSPS) is 18.7. The molecule has 2 atom stereocenters. The van der Waals surface area contributed by atoms with E-state index in [2.05, 4.69) is 49.2 Å². The summed E-state index contributed by atoms with van der Waals surface area (Å²) in [4.78, 5) is 0. The van der Waals surface area contributed by atoms with Crippen molar-refractivity contribution in [2.45, 2.75) is 32.5 Å². The lowest BCUT2D eigenvalue weighted by atomic mass is 9.94. The molecule has 3 aromatic carbocycles. The predicted octanol–water partition coefficient (Wildman–Crippen LogP) is 5.57. The van der Waals surface area contributed by atoms with Crippen molar-refractivity contribution >= 4 is 5.71 Å². The van der Waals surface area contributed by atoms with E-state index in [9.17, 15) is 0 Å². The summed E-state index contributed by atoms with van der Waals surface area (Å²) in [6.45, 7) is 4.25. The maximum atomic E-state index is 6.50. The minimum atomic E-state index is -0.429. The van der Waals surface area contributed by atoms with E-state index in [-0.39, 0.29) is 6.04 Å². The number of hydrazone groups is 1. The van der Waals surface area contributed by atoms with Gasteiger partial charge in [-0.3, -0.25) is 0 Å². The summed E-state index contributed by atoms with van der Waals surface area (Å²) in [7, 11) is 4.84. The van der Waals surface area contributed by atoms with Gasteiger partial charge in [0.25, 0.3) is 0 Å². The number of methoxy groups -OCH3 is 3. The molecule has 2 aliphatic rings. The van der Waals surface area contributed by atoms with Crippen LogP contribution < -0.4 is 18.9 Å². The van der Waals surface area contributed by atoms with Crippen LogP contribution >= 0.6 is 0 Å². The first-order chi connectivity index (χ1) is 16.0. The van der Waals surface area contributed by atoms with Gasteiger partial charge < -0.3 is 18.9 Å². The summed E-state index contributed by atoms with van der Waals surface area (Å²) in [5, 5.41) is 7.16. The van der Waals surface area contributed by atoms with Crippen molar-refractivity contribution in [3.05, 3.63) is 82.4 Å². The molecule has 170 valence electrons. The monoisotopic (exact) mass is 444 g/mol. The van der Waals surface area contributed by atoms with Crippen molar-refractivity contribution in [3.63, 3.8) is 0 Å². The fourth-order valence-electron chi connectivity index (χ4n) is 4.80. The topological polar surface area (TPSA) is 52.5 Å². The highest BCUT2D eigenvalue weighted by atomic mass is 16.5. The van der Waals surface area contributed by atoms with E-state index in [1.54, 1.807) is 21.3 Å². The average Bonchev–Trinajstić information content (AvgIpc) is 3.27. The summed E-state index contributed by atoms with van der Waals surface area (Å²) >= 11 is 0. The molecule has 0 saturated heterocycles. The molecule has 0 fully saturated rings. The zero-order valence-corrected chi connectivity index (χ0v) is 19.6. The van der Waals surface area contributed by atoms with Gasteiger partial charge in [-0.05, 0) is 37.6 Å². The van der Waals surface area contributed by atoms with Crippen LogP contribution in [0.25, 0.3) is 0 Å². The van der Waals surface area contributed by atoms with Crippen molar-refractivity contribution in [3.8, 4) is 23.0 Å². The predicted molar refractivity (Wildman–Crippen MR) is 128 cm³/mol. The summed E-state index contributed by atoms with van der Waals surface area (Å²) in [5.74, 6) is 2.60. The van der Waals surface area contributed by atoms with Crippen LogP contribution in [-0.2, 0) is 0 Å². The molecule has 0 bridgehead atoms. The summed E-state index contributed by atoms with van der Waals surface area (Å²) in [5.41, 5.74) is 6.74. The first-order valence-electron chi connectivity index (χ1n) is 11.0. The lowest BCUT2D eigenvalue weighted by molar-refractivity contribution is -0.0192. The number of aryl methyl sites for hydroxylation is 2. The number of hydrogen-bond donors (Lipinski definition) is 0. The van der Waals surface area contributed by atoms with Crippen LogP contribution in [-0.4, -0.2) is 32.0 Å². The van der Waals surface area contributed by atoms with E-state index >= 15 is 0 Å². The maximum absolute atomic E-state index is 6.50. The van der Waals surface area contributed by atoms with Crippen LogP contribution in [0.1, 0.15) is 46.5 Å². The Kier molecular flexibility index (Phi) is 5.36. The molecule has 0 N–H and O–H groups in total. The lowest BCUT2D eigenvalue weighted by Gasteiger charge is -2.38. The van der Waals surface area contributed by atoms with Crippen LogP contribution in [0.15, 0.2) is 59.7 Å². The average molecular weight is 445 g/mol. The molecule has 2 aliphatic heterocycles. The lowest BCUT2D eigenvalue weighted by Crippen LogP contribution is -2.33. The van der Waals surface area contributed by atoms with Gasteiger partial charge in [-0.1, -0.05) is 42.0 Å². The molecule has 33 heavy (non-hydrogen) atoms. The summed E-state index contributed by atoms with van der Waals surface area (Å²) in [6, 6.07) is 18.7. The molecule has 0 spiro atoms. The summed E-state index contributed by atoms with van der Waals surface area (Å²) in [6.07, 6.45) is 0.382. The van der Waals surface area contributed by atoms with Gasteiger partial charge in [-0.15, -0.1) is 0 Å². The highest BCUT2D eigenvalue weighted by molar-refractivity contribution is 6.03. The molecule has 3 aromatic rings. The van der Waals surface area contributed by atoms with Crippen LogP contribution in [0.5, 0.6) is 23.0 Å². The van der Waals surface area contributed by atoms with Crippen LogP contribution in [0.2, 0.25) is 0 Å². The van der Waals surface area contributed by atoms with E-state index in [1.165, 1.54) is 16.7 Å². The number of hydrogen-bond acceptors (Lipinski definition) is 6. The third kappa shape index (κ3) is 3.55. The van der Waals surface area contributed by atoms with E-state index in [1.807, 2.05) is 24.3 Å². The minimum absolute atomic E-state index is 0.0785. The molecule has 0 radical (unpaired) electrons. The van der Waals surface area contributed by atoms with Gasteiger partial charge in [-0.25, -0.2) is 5.01 Å². The molecular weight excluding hydrogens is 416 g/mol. The Morgan fingerprint density at radius 3 is 2.30 bits per heavy atom. The van der Waals surface area contributed by atoms with Crippen molar-refractivity contribution in [2.75, 3.05) is 21.3 Å². The second-order valence-corrected chi connectivity index (χ2v) is 8.43. The zero-order valence-electron chi connectivity index (χ0n) is 19.6. The number of nitrogens with zero attached hydrogens (tertiary/aromatic N) is 2. The second kappa shape index (κ2) is 8.35. The molecule has 2 heterocycles. The van der Waals surface area contributed by atoms with Crippen molar-refractivity contribution in [1.29, 1.82) is 0 Å². The molecule has 0 aromatic heterocycles. The molecular formula is C27H28N2O4. The number of fused-ring (bicyclic) bond motifs is 3. The van der Waals surface area contributed by atoms with Crippen LogP contribution in [0, 0.1) is 13.8 Å². The largest absolute Gasteiger partial charge is 0.493 e. The Morgan fingerprint density at radius 1 is 0.909 bits per heavy atom. The van der Waals surface area contributed by atoms with Crippen molar-refractivity contribution in [1.82, 2.24) is 5.01 Å². The number of ether oxygens (including phenoxy) is 4. The fraction of sp³-hybridized carbons (Fsp3) is 0.296. The Bertz CT molecular complexity index is 1210. The van der Waals surface area contributed by atoms with E-state index in [0.29, 0.717) is 17.2 Å². The molecule has 5 rings (SSSR count). The summed E-state index contributed by atoms with van der Waals surface area (Å²) < 4.78 is 23.2. The highest BCUT2D eigenvalue weighted by Crippen LogP contribution is 2.49. The first kappa shape index (κ1) is 21.2. The number of benzene rings is 3. The third-order valence-corrected chi connectivity index (χ3v) is 6.36. The van der Waals surface area contributed by atoms with Crippen molar-refractivity contribution in [2.24, 2.45) is 5.10 Å². The smallest absolute Gasteiger partial charge is 0.214 e. The first-order valence-corrected chi connectivity index (χ1v) is 11.0. The minimum Gasteiger partial charge on any atom is -0.493 e. The Morgan fingerprint density at radius 2 is 1.64 bits per heavy atom. The van der Waals surface area contributed by atoms with Gasteiger partial charge in [-0.2, -0.15) is 5.10 Å². The molecule has 0 saturated carbocycles. The quantitative estimate of drug-likeness (QED) is 0.515. The maximum Gasteiger partial charge on any atom is 0.214 e. The van der Waals surface area contributed by atoms with Gasteiger partial charge in [0.2, 0.25) is 12.0 Å². The molecule has 6 nitrogen and oxygen atoms in total. The van der Waals surface area contributed by atoms with Gasteiger partial charge in [0, 0.05) is 23.1 Å². The highest BCUT2D eigenvalue weighted by Gasteiger charge is 2.41. The van der Waals surface area contributed by atoms with Crippen molar-refractivity contribution < 1.29 is 18.9 Å². The van der Waals surface area contributed by atoms with Crippen LogP contribution in [0.4, 0.5) is 0 Å². The van der Waals surface area contributed by atoms with Gasteiger partial charge in [0.15, 0.2) is 11.5 Å². The molecule has 0 unspecified atom stereocenters. The van der Waals surface area contributed by atoms with Gasteiger partial charge in [0.1, 0.15) is 5.75 Å². The van der Waals surface area contributed by atoms with Crippen LogP contribution in [0.3, 0.4) is 0 Å². The Labute approximate surface area is 194 Å². The van der Waals surface area contributed by atoms with Gasteiger partial charge >= 0.3 is 0 Å². The number of para-hydroxylation sites is 1. The molecule has 6 heteroatoms. The zero-order chi connectivity index (χ0) is 23.1. The van der Waals surface area contributed by atoms with E-state index in [4.69, 9.17) is 24.0 Å². The van der Waals surface area contributed by atoms with E-state index < -0.39 is 6.23 Å². The third-order valence-electron chi connectivity index (χ3n) is 6.36. The van der Waals surface area contributed by atoms with E-state index in [0.717, 1.165) is 29.0 Å². The molecule has 0 amide bonds. The number of rotatable bonds is 5. The fourth-order valence-corrected chi connectivity index (χ4v) is 4.80. The SMILES string of the molecule is COc1cc([C@@H]2Oc3ccccc3[C@H]3CC(c4ccc(C)cc4C)=NN32)cc(OC)c1OC.